The predicted octanol–water partition coefficient (Wildman–Crippen LogP) is 2.40. The Hall–Kier alpha value is -1.97. The van der Waals surface area contributed by atoms with Gasteiger partial charge in [0.2, 0.25) is 0 Å². The molecule has 0 N–H and O–H groups in total. The van der Waals surface area contributed by atoms with Crippen molar-refractivity contribution in [3.8, 4) is 0 Å². The van der Waals surface area contributed by atoms with Crippen LogP contribution in [0.25, 0.3) is 10.9 Å². The molecule has 0 bridgehead atoms. The number of Topliss-reactive ketones (excluding diaryl/α,β-unsaturated/α-hetero) is 1. The molecule has 0 spiro atoms. The molecule has 1 aromatic carbocycles. The first kappa shape index (κ1) is 13.0. The number of rotatable bonds is 3. The summed E-state index contributed by atoms with van der Waals surface area (Å²) >= 11 is 0. The Balaban J connectivity index is 2.32. The van der Waals surface area contributed by atoms with E-state index in [-0.39, 0.29) is 11.3 Å². The Morgan fingerprint density at radius 1 is 1.40 bits per heavy atom. The summed E-state index contributed by atoms with van der Waals surface area (Å²) in [6.07, 6.45) is 3.25. The fourth-order valence-electron chi connectivity index (χ4n) is 2.60. The van der Waals surface area contributed by atoms with Crippen molar-refractivity contribution >= 4 is 16.7 Å². The standard InChI is InChI=1S/C16H18N2O2/c1-9-6-12(10(2)19)15-13(7-9)16(20)18(3)14(17-15)8-11-4-5-11/h6-7,11H,4-5,8H2,1-3H3. The lowest BCUT2D eigenvalue weighted by Gasteiger charge is -2.11. The monoisotopic (exact) mass is 270 g/mol. The third kappa shape index (κ3) is 2.15. The fourth-order valence-corrected chi connectivity index (χ4v) is 2.60. The molecule has 1 saturated carbocycles. The van der Waals surface area contributed by atoms with Gasteiger partial charge in [-0.05, 0) is 50.3 Å². The van der Waals surface area contributed by atoms with Crippen LogP contribution in [0.4, 0.5) is 0 Å². The van der Waals surface area contributed by atoms with E-state index in [0.29, 0.717) is 22.4 Å². The maximum atomic E-state index is 12.5. The molecule has 0 aliphatic heterocycles. The van der Waals surface area contributed by atoms with Crippen molar-refractivity contribution in [2.75, 3.05) is 0 Å². The summed E-state index contributed by atoms with van der Waals surface area (Å²) in [6, 6.07) is 3.63. The number of fused-ring (bicyclic) bond motifs is 1. The average Bonchev–Trinajstić information content (AvgIpc) is 3.19. The van der Waals surface area contributed by atoms with Crippen LogP contribution in [0, 0.1) is 12.8 Å². The van der Waals surface area contributed by atoms with E-state index in [1.807, 2.05) is 19.1 Å². The molecule has 4 nitrogen and oxygen atoms in total. The van der Waals surface area contributed by atoms with Gasteiger partial charge in [0.1, 0.15) is 5.82 Å². The van der Waals surface area contributed by atoms with E-state index in [0.717, 1.165) is 17.8 Å². The van der Waals surface area contributed by atoms with Crippen molar-refractivity contribution in [2.45, 2.75) is 33.1 Å². The van der Waals surface area contributed by atoms with E-state index in [2.05, 4.69) is 4.98 Å². The summed E-state index contributed by atoms with van der Waals surface area (Å²) in [5.41, 5.74) is 1.96. The Morgan fingerprint density at radius 3 is 2.70 bits per heavy atom. The van der Waals surface area contributed by atoms with Gasteiger partial charge in [-0.15, -0.1) is 0 Å². The van der Waals surface area contributed by atoms with Crippen molar-refractivity contribution in [2.24, 2.45) is 13.0 Å². The van der Waals surface area contributed by atoms with Crippen LogP contribution in [-0.2, 0) is 13.5 Å². The summed E-state index contributed by atoms with van der Waals surface area (Å²) in [4.78, 5) is 28.9. The normalized spacial score (nSPS) is 14.8. The minimum Gasteiger partial charge on any atom is -0.299 e. The Labute approximate surface area is 117 Å². The van der Waals surface area contributed by atoms with Crippen molar-refractivity contribution in [1.82, 2.24) is 9.55 Å². The van der Waals surface area contributed by atoms with Crippen LogP contribution in [0.2, 0.25) is 0 Å². The van der Waals surface area contributed by atoms with Crippen molar-refractivity contribution in [1.29, 1.82) is 0 Å². The molecule has 104 valence electrons. The predicted molar refractivity (Wildman–Crippen MR) is 78.2 cm³/mol. The molecule has 1 aliphatic carbocycles. The summed E-state index contributed by atoms with van der Waals surface area (Å²) in [6.45, 7) is 3.41. The number of aromatic nitrogens is 2. The number of hydrogen-bond donors (Lipinski definition) is 0. The number of carbonyl (C=O) groups is 1. The maximum absolute atomic E-state index is 12.5. The van der Waals surface area contributed by atoms with Crippen molar-refractivity contribution in [3.63, 3.8) is 0 Å². The second kappa shape index (κ2) is 4.54. The van der Waals surface area contributed by atoms with Gasteiger partial charge < -0.3 is 0 Å². The molecule has 1 aliphatic rings. The Kier molecular flexibility index (Phi) is 2.96. The third-order valence-corrected chi connectivity index (χ3v) is 3.96. The van der Waals surface area contributed by atoms with E-state index in [4.69, 9.17) is 0 Å². The van der Waals surface area contributed by atoms with Crippen LogP contribution in [0.15, 0.2) is 16.9 Å². The zero-order valence-electron chi connectivity index (χ0n) is 12.1. The van der Waals surface area contributed by atoms with E-state index in [1.54, 1.807) is 11.6 Å². The van der Waals surface area contributed by atoms with Crippen molar-refractivity contribution in [3.05, 3.63) is 39.4 Å². The van der Waals surface area contributed by atoms with Gasteiger partial charge in [-0.2, -0.15) is 0 Å². The molecule has 20 heavy (non-hydrogen) atoms. The van der Waals surface area contributed by atoms with Gasteiger partial charge in [-0.25, -0.2) is 4.98 Å². The number of ketones is 1. The van der Waals surface area contributed by atoms with Crippen molar-refractivity contribution < 1.29 is 4.79 Å². The Bertz CT molecular complexity index is 770. The van der Waals surface area contributed by atoms with E-state index in [1.165, 1.54) is 19.8 Å². The smallest absolute Gasteiger partial charge is 0.261 e. The minimum atomic E-state index is -0.0585. The van der Waals surface area contributed by atoms with Gasteiger partial charge in [0.15, 0.2) is 5.78 Å². The molecule has 1 fully saturated rings. The second-order valence-corrected chi connectivity index (χ2v) is 5.80. The van der Waals surface area contributed by atoms with Gasteiger partial charge in [0.25, 0.3) is 5.56 Å². The lowest BCUT2D eigenvalue weighted by atomic mass is 10.0. The number of nitrogens with zero attached hydrogens (tertiary/aromatic N) is 2. The second-order valence-electron chi connectivity index (χ2n) is 5.80. The molecular formula is C16H18N2O2. The molecule has 4 heteroatoms. The summed E-state index contributed by atoms with van der Waals surface area (Å²) in [5, 5.41) is 0.539. The van der Waals surface area contributed by atoms with Crippen LogP contribution in [0.3, 0.4) is 0 Å². The first-order chi connectivity index (χ1) is 9.47. The molecule has 2 aromatic rings. The number of aryl methyl sites for hydroxylation is 1. The highest BCUT2D eigenvalue weighted by Gasteiger charge is 2.24. The third-order valence-electron chi connectivity index (χ3n) is 3.96. The Morgan fingerprint density at radius 2 is 2.10 bits per heavy atom. The largest absolute Gasteiger partial charge is 0.299 e. The molecule has 0 saturated heterocycles. The first-order valence-corrected chi connectivity index (χ1v) is 6.98. The van der Waals surface area contributed by atoms with Crippen LogP contribution in [0.1, 0.15) is 41.5 Å². The van der Waals surface area contributed by atoms with Crippen LogP contribution in [-0.4, -0.2) is 15.3 Å². The molecule has 0 radical (unpaired) electrons. The van der Waals surface area contributed by atoms with Gasteiger partial charge in [0.05, 0.1) is 10.9 Å². The van der Waals surface area contributed by atoms with E-state index < -0.39 is 0 Å². The summed E-state index contributed by atoms with van der Waals surface area (Å²) in [7, 11) is 1.77. The molecule has 0 atom stereocenters. The molecule has 3 rings (SSSR count). The van der Waals surface area contributed by atoms with Crippen LogP contribution < -0.4 is 5.56 Å². The highest BCUT2D eigenvalue weighted by Crippen LogP contribution is 2.32. The van der Waals surface area contributed by atoms with Gasteiger partial charge in [-0.3, -0.25) is 14.2 Å². The van der Waals surface area contributed by atoms with Crippen LogP contribution in [0.5, 0.6) is 0 Å². The number of benzene rings is 1. The minimum absolute atomic E-state index is 0.0446. The lowest BCUT2D eigenvalue weighted by Crippen LogP contribution is -2.23. The van der Waals surface area contributed by atoms with E-state index in [9.17, 15) is 9.59 Å². The number of hydrogen-bond acceptors (Lipinski definition) is 3. The van der Waals surface area contributed by atoms with Gasteiger partial charge in [0, 0.05) is 19.0 Å². The van der Waals surface area contributed by atoms with Gasteiger partial charge in [-0.1, -0.05) is 0 Å². The van der Waals surface area contributed by atoms with E-state index >= 15 is 0 Å². The first-order valence-electron chi connectivity index (χ1n) is 6.98. The number of carbonyl (C=O) groups excluding carboxylic acids is 1. The highest BCUT2D eigenvalue weighted by atomic mass is 16.1. The molecular weight excluding hydrogens is 252 g/mol. The summed E-state index contributed by atoms with van der Waals surface area (Å²) < 4.78 is 1.63. The quantitative estimate of drug-likeness (QED) is 0.805. The summed E-state index contributed by atoms with van der Waals surface area (Å²) in [5.74, 6) is 1.39. The average molecular weight is 270 g/mol. The van der Waals surface area contributed by atoms with Gasteiger partial charge >= 0.3 is 0 Å². The lowest BCUT2D eigenvalue weighted by molar-refractivity contribution is 0.101. The molecule has 1 aromatic heterocycles. The molecule has 0 amide bonds. The van der Waals surface area contributed by atoms with Crippen LogP contribution >= 0.6 is 0 Å². The SMILES string of the molecule is CC(=O)c1cc(C)cc2c(=O)n(C)c(CC3CC3)nc12. The zero-order chi connectivity index (χ0) is 14.4. The fraction of sp³-hybridized carbons (Fsp3) is 0.438. The topological polar surface area (TPSA) is 52.0 Å². The molecule has 1 heterocycles. The maximum Gasteiger partial charge on any atom is 0.261 e. The highest BCUT2D eigenvalue weighted by molar-refractivity contribution is 6.05. The zero-order valence-corrected chi connectivity index (χ0v) is 12.1. The molecule has 0 unspecified atom stereocenters.